The van der Waals surface area contributed by atoms with Gasteiger partial charge in [-0.1, -0.05) is 30.3 Å². The molecule has 0 fully saturated rings. The zero-order valence-corrected chi connectivity index (χ0v) is 9.85. The molecule has 6 heteroatoms. The van der Waals surface area contributed by atoms with E-state index in [0.717, 1.165) is 16.2 Å². The SMILES string of the molecule is Oc1cc(CC(F)(F)F)c(O)n1Cc1ccccc1. The monoisotopic (exact) mass is 271 g/mol. The Morgan fingerprint density at radius 1 is 1.05 bits per heavy atom. The fourth-order valence-electron chi connectivity index (χ4n) is 1.85. The quantitative estimate of drug-likeness (QED) is 0.901. The van der Waals surface area contributed by atoms with Crippen molar-refractivity contribution in [3.05, 3.63) is 47.5 Å². The van der Waals surface area contributed by atoms with E-state index in [1.54, 1.807) is 30.3 Å². The number of hydrogen-bond acceptors (Lipinski definition) is 2. The Kier molecular flexibility index (Phi) is 3.42. The Labute approximate surface area is 107 Å². The summed E-state index contributed by atoms with van der Waals surface area (Å²) in [5.41, 5.74) is 0.434. The standard InChI is InChI=1S/C13H12F3NO2/c14-13(15,16)7-10-6-11(18)17(12(10)19)8-9-4-2-1-3-5-9/h1-6,18-19H,7-8H2. The van der Waals surface area contributed by atoms with Gasteiger partial charge in [0.05, 0.1) is 13.0 Å². The van der Waals surface area contributed by atoms with Crippen LogP contribution in [0, 0.1) is 0 Å². The molecule has 2 rings (SSSR count). The Bertz CT molecular complexity index is 561. The minimum Gasteiger partial charge on any atom is -0.494 e. The average molecular weight is 271 g/mol. The highest BCUT2D eigenvalue weighted by molar-refractivity contribution is 5.37. The normalized spacial score (nSPS) is 11.7. The molecule has 2 N–H and O–H groups in total. The highest BCUT2D eigenvalue weighted by atomic mass is 19.4. The van der Waals surface area contributed by atoms with Gasteiger partial charge >= 0.3 is 6.18 Å². The molecule has 19 heavy (non-hydrogen) atoms. The smallest absolute Gasteiger partial charge is 0.393 e. The molecule has 0 aliphatic heterocycles. The first kappa shape index (κ1) is 13.3. The molecule has 0 saturated heterocycles. The van der Waals surface area contributed by atoms with Gasteiger partial charge in [-0.15, -0.1) is 0 Å². The molecule has 0 saturated carbocycles. The van der Waals surface area contributed by atoms with Gasteiger partial charge in [-0.25, -0.2) is 0 Å². The van der Waals surface area contributed by atoms with Crippen LogP contribution >= 0.6 is 0 Å². The van der Waals surface area contributed by atoms with E-state index in [1.807, 2.05) is 0 Å². The van der Waals surface area contributed by atoms with E-state index >= 15 is 0 Å². The van der Waals surface area contributed by atoms with E-state index in [4.69, 9.17) is 0 Å². The van der Waals surface area contributed by atoms with E-state index in [2.05, 4.69) is 0 Å². The minimum absolute atomic E-state index is 0.108. The molecule has 0 bridgehead atoms. The third-order valence-corrected chi connectivity index (χ3v) is 2.70. The molecule has 0 radical (unpaired) electrons. The van der Waals surface area contributed by atoms with E-state index in [9.17, 15) is 23.4 Å². The van der Waals surface area contributed by atoms with Crippen LogP contribution in [-0.4, -0.2) is 21.0 Å². The predicted molar refractivity (Wildman–Crippen MR) is 63.1 cm³/mol. The second kappa shape index (κ2) is 4.87. The molecule has 0 aliphatic carbocycles. The lowest BCUT2D eigenvalue weighted by Gasteiger charge is -2.08. The van der Waals surface area contributed by atoms with Crippen molar-refractivity contribution >= 4 is 0 Å². The molecule has 0 atom stereocenters. The van der Waals surface area contributed by atoms with Crippen molar-refractivity contribution < 1.29 is 23.4 Å². The lowest BCUT2D eigenvalue weighted by molar-refractivity contribution is -0.127. The first-order valence-electron chi connectivity index (χ1n) is 5.58. The largest absolute Gasteiger partial charge is 0.494 e. The number of aromatic nitrogens is 1. The third-order valence-electron chi connectivity index (χ3n) is 2.70. The number of rotatable bonds is 3. The van der Waals surface area contributed by atoms with Crippen LogP contribution in [0.2, 0.25) is 0 Å². The van der Waals surface area contributed by atoms with Gasteiger partial charge < -0.3 is 10.2 Å². The fourth-order valence-corrected chi connectivity index (χ4v) is 1.85. The van der Waals surface area contributed by atoms with Gasteiger partial charge in [0, 0.05) is 11.6 Å². The van der Waals surface area contributed by atoms with Gasteiger partial charge in [-0.05, 0) is 5.56 Å². The lowest BCUT2D eigenvalue weighted by atomic mass is 10.2. The van der Waals surface area contributed by atoms with Gasteiger partial charge in [0.1, 0.15) is 0 Å². The van der Waals surface area contributed by atoms with Crippen molar-refractivity contribution in [2.24, 2.45) is 0 Å². The summed E-state index contributed by atoms with van der Waals surface area (Å²) in [5, 5.41) is 19.3. The molecule has 2 aromatic rings. The second-order valence-corrected chi connectivity index (χ2v) is 4.22. The summed E-state index contributed by atoms with van der Waals surface area (Å²) in [4.78, 5) is 0. The van der Waals surface area contributed by atoms with Crippen LogP contribution in [0.4, 0.5) is 13.2 Å². The summed E-state index contributed by atoms with van der Waals surface area (Å²) in [6.45, 7) is 0.108. The van der Waals surface area contributed by atoms with Crippen molar-refractivity contribution in [3.8, 4) is 11.8 Å². The van der Waals surface area contributed by atoms with Gasteiger partial charge in [0.25, 0.3) is 0 Å². The molecule has 1 heterocycles. The number of alkyl halides is 3. The highest BCUT2D eigenvalue weighted by Crippen LogP contribution is 2.33. The zero-order chi connectivity index (χ0) is 14.0. The van der Waals surface area contributed by atoms with E-state index in [-0.39, 0.29) is 18.0 Å². The highest BCUT2D eigenvalue weighted by Gasteiger charge is 2.31. The summed E-state index contributed by atoms with van der Waals surface area (Å²) >= 11 is 0. The Balaban J connectivity index is 2.27. The number of nitrogens with zero attached hydrogens (tertiary/aromatic N) is 1. The maximum atomic E-state index is 12.3. The first-order valence-corrected chi connectivity index (χ1v) is 5.58. The summed E-state index contributed by atoms with van der Waals surface area (Å²) in [7, 11) is 0. The van der Waals surface area contributed by atoms with Crippen LogP contribution in [0.5, 0.6) is 11.8 Å². The second-order valence-electron chi connectivity index (χ2n) is 4.22. The van der Waals surface area contributed by atoms with E-state index < -0.39 is 18.5 Å². The van der Waals surface area contributed by atoms with Crippen molar-refractivity contribution in [3.63, 3.8) is 0 Å². The first-order chi connectivity index (χ1) is 8.87. The summed E-state index contributed by atoms with van der Waals surface area (Å²) in [5.74, 6) is -0.945. The minimum atomic E-state index is -4.43. The van der Waals surface area contributed by atoms with Crippen molar-refractivity contribution in [1.29, 1.82) is 0 Å². The molecular formula is C13H12F3NO2. The van der Waals surface area contributed by atoms with Crippen molar-refractivity contribution in [2.75, 3.05) is 0 Å². The van der Waals surface area contributed by atoms with Crippen molar-refractivity contribution in [1.82, 2.24) is 4.57 Å². The maximum Gasteiger partial charge on any atom is 0.393 e. The maximum absolute atomic E-state index is 12.3. The zero-order valence-electron chi connectivity index (χ0n) is 9.85. The number of halogens is 3. The predicted octanol–water partition coefficient (Wildman–Crippen LogP) is 3.05. The Morgan fingerprint density at radius 2 is 1.68 bits per heavy atom. The summed E-state index contributed by atoms with van der Waals surface area (Å²) in [6.07, 6.45) is -5.70. The average Bonchev–Trinajstić information content (AvgIpc) is 2.56. The van der Waals surface area contributed by atoms with Gasteiger partial charge in [-0.3, -0.25) is 4.57 Å². The Morgan fingerprint density at radius 3 is 2.26 bits per heavy atom. The molecule has 0 unspecified atom stereocenters. The van der Waals surface area contributed by atoms with Crippen LogP contribution in [-0.2, 0) is 13.0 Å². The third kappa shape index (κ3) is 3.21. The van der Waals surface area contributed by atoms with Gasteiger partial charge in [-0.2, -0.15) is 13.2 Å². The number of hydrogen-bond donors (Lipinski definition) is 2. The van der Waals surface area contributed by atoms with Crippen LogP contribution in [0.3, 0.4) is 0 Å². The molecule has 1 aromatic carbocycles. The molecule has 1 aromatic heterocycles. The number of aromatic hydroxyl groups is 2. The van der Waals surface area contributed by atoms with Gasteiger partial charge in [0.15, 0.2) is 11.8 Å². The lowest BCUT2D eigenvalue weighted by Crippen LogP contribution is -2.11. The van der Waals surface area contributed by atoms with Crippen LogP contribution in [0.15, 0.2) is 36.4 Å². The molecule has 102 valence electrons. The van der Waals surface area contributed by atoms with Gasteiger partial charge in [0.2, 0.25) is 0 Å². The van der Waals surface area contributed by atoms with Crippen LogP contribution in [0.1, 0.15) is 11.1 Å². The molecule has 3 nitrogen and oxygen atoms in total. The molecule has 0 amide bonds. The topological polar surface area (TPSA) is 45.4 Å². The van der Waals surface area contributed by atoms with Crippen LogP contribution in [0.25, 0.3) is 0 Å². The summed E-state index contributed by atoms with van der Waals surface area (Å²) < 4.78 is 37.9. The molecular weight excluding hydrogens is 259 g/mol. The fraction of sp³-hybridized carbons (Fsp3) is 0.231. The van der Waals surface area contributed by atoms with E-state index in [0.29, 0.717) is 0 Å². The van der Waals surface area contributed by atoms with Crippen LogP contribution < -0.4 is 0 Å². The molecule has 0 spiro atoms. The molecule has 0 aliphatic rings. The summed E-state index contributed by atoms with van der Waals surface area (Å²) in [6, 6.07) is 9.78. The van der Waals surface area contributed by atoms with Crippen molar-refractivity contribution in [2.45, 2.75) is 19.1 Å². The van der Waals surface area contributed by atoms with E-state index in [1.165, 1.54) is 0 Å². The Hall–Kier alpha value is -2.11. The number of benzene rings is 1.